The Kier molecular flexibility index (Phi) is 2.41. The number of anilines is 1. The predicted molar refractivity (Wildman–Crippen MR) is 54.9 cm³/mol. The van der Waals surface area contributed by atoms with Crippen LogP contribution in [0.5, 0.6) is 0 Å². The maximum Gasteiger partial charge on any atom is 0.334 e. The van der Waals surface area contributed by atoms with Crippen LogP contribution in [-0.2, 0) is 4.79 Å². The van der Waals surface area contributed by atoms with E-state index in [1.54, 1.807) is 17.8 Å². The van der Waals surface area contributed by atoms with E-state index in [4.69, 9.17) is 5.11 Å². The highest BCUT2D eigenvalue weighted by atomic mass is 32.2. The van der Waals surface area contributed by atoms with Crippen molar-refractivity contribution in [2.24, 2.45) is 0 Å². The molecule has 1 aliphatic heterocycles. The minimum Gasteiger partial charge on any atom is -0.478 e. The highest BCUT2D eigenvalue weighted by molar-refractivity contribution is 8.03. The minimum atomic E-state index is -0.858. The summed E-state index contributed by atoms with van der Waals surface area (Å²) in [4.78, 5) is 14.6. The molecule has 0 saturated carbocycles. The van der Waals surface area contributed by atoms with Gasteiger partial charge in [-0.1, -0.05) is 0 Å². The van der Waals surface area contributed by atoms with Crippen molar-refractivity contribution in [3.8, 4) is 0 Å². The molecular formula is C9H8N2O2S. The maximum atomic E-state index is 10.7. The van der Waals surface area contributed by atoms with Crippen LogP contribution in [0.1, 0.15) is 0 Å². The molecule has 0 bridgehead atoms. The lowest BCUT2D eigenvalue weighted by Crippen LogP contribution is -2.15. The molecule has 72 valence electrons. The van der Waals surface area contributed by atoms with E-state index in [0.717, 1.165) is 5.69 Å². The average Bonchev–Trinajstić information content (AvgIpc) is 2.68. The molecular weight excluding hydrogens is 200 g/mol. The molecule has 1 aromatic rings. The number of aliphatic carboxylic acids is 1. The topological polar surface area (TPSA) is 53.4 Å². The Morgan fingerprint density at radius 2 is 2.50 bits per heavy atom. The van der Waals surface area contributed by atoms with Crippen molar-refractivity contribution in [2.75, 3.05) is 10.8 Å². The fourth-order valence-corrected chi connectivity index (χ4v) is 2.00. The van der Waals surface area contributed by atoms with Gasteiger partial charge in [0.05, 0.1) is 24.0 Å². The lowest BCUT2D eigenvalue weighted by Gasteiger charge is -2.14. The van der Waals surface area contributed by atoms with Crippen LogP contribution < -0.4 is 4.31 Å². The van der Waals surface area contributed by atoms with Crippen molar-refractivity contribution in [1.82, 2.24) is 4.98 Å². The Balaban J connectivity index is 2.10. The molecule has 0 aliphatic carbocycles. The number of carboxylic acids is 1. The van der Waals surface area contributed by atoms with Crippen molar-refractivity contribution in [3.05, 3.63) is 35.5 Å². The van der Waals surface area contributed by atoms with Gasteiger partial charge in [0.25, 0.3) is 0 Å². The van der Waals surface area contributed by atoms with Crippen molar-refractivity contribution >= 4 is 23.6 Å². The van der Waals surface area contributed by atoms with Gasteiger partial charge in [-0.15, -0.1) is 0 Å². The average molecular weight is 208 g/mol. The number of carbonyl (C=O) groups is 1. The fourth-order valence-electron chi connectivity index (χ4n) is 1.13. The maximum absolute atomic E-state index is 10.7. The number of aromatic nitrogens is 1. The predicted octanol–water partition coefficient (Wildman–Crippen LogP) is 1.52. The molecule has 0 spiro atoms. The van der Waals surface area contributed by atoms with Crippen LogP contribution in [-0.4, -0.2) is 22.6 Å². The van der Waals surface area contributed by atoms with E-state index in [1.165, 1.54) is 11.9 Å². The van der Waals surface area contributed by atoms with Crippen LogP contribution in [0.25, 0.3) is 0 Å². The molecule has 0 atom stereocenters. The van der Waals surface area contributed by atoms with Gasteiger partial charge in [-0.05, 0) is 24.1 Å². The monoisotopic (exact) mass is 208 g/mol. The number of nitrogens with zero attached hydrogens (tertiary/aromatic N) is 2. The van der Waals surface area contributed by atoms with Gasteiger partial charge in [0.2, 0.25) is 0 Å². The summed E-state index contributed by atoms with van der Waals surface area (Å²) in [6, 6.07) is 3.73. The molecule has 0 radical (unpaired) electrons. The molecule has 4 nitrogen and oxygen atoms in total. The van der Waals surface area contributed by atoms with Gasteiger partial charge in [0, 0.05) is 11.6 Å². The first-order valence-electron chi connectivity index (χ1n) is 4.04. The van der Waals surface area contributed by atoms with Gasteiger partial charge in [0.15, 0.2) is 0 Å². The van der Waals surface area contributed by atoms with Gasteiger partial charge in [-0.3, -0.25) is 4.98 Å². The first-order chi connectivity index (χ1) is 6.77. The first kappa shape index (κ1) is 9.08. The second-order valence-corrected chi connectivity index (χ2v) is 3.69. The molecule has 0 fully saturated rings. The third kappa shape index (κ3) is 1.72. The second-order valence-electron chi connectivity index (χ2n) is 2.80. The summed E-state index contributed by atoms with van der Waals surface area (Å²) in [5.41, 5.74) is 1.34. The van der Waals surface area contributed by atoms with Gasteiger partial charge in [0.1, 0.15) is 0 Å². The quantitative estimate of drug-likeness (QED) is 0.747. The zero-order chi connectivity index (χ0) is 9.97. The third-order valence-corrected chi connectivity index (χ3v) is 2.83. The Morgan fingerprint density at radius 1 is 1.64 bits per heavy atom. The summed E-state index contributed by atoms with van der Waals surface area (Å²) < 4.78 is 1.89. The molecule has 2 rings (SSSR count). The fraction of sp³-hybridized carbons (Fsp3) is 0.111. The number of carboxylic acid groups (broad SMARTS) is 1. The van der Waals surface area contributed by atoms with Gasteiger partial charge in [-0.2, -0.15) is 0 Å². The molecule has 0 aromatic carbocycles. The van der Waals surface area contributed by atoms with E-state index in [9.17, 15) is 4.79 Å². The second kappa shape index (κ2) is 3.71. The number of rotatable bonds is 2. The lowest BCUT2D eigenvalue weighted by atomic mass is 10.3. The van der Waals surface area contributed by atoms with Gasteiger partial charge in [-0.25, -0.2) is 4.79 Å². The summed E-state index contributed by atoms with van der Waals surface area (Å²) in [6.07, 6.45) is 3.40. The molecule has 0 saturated heterocycles. The summed E-state index contributed by atoms with van der Waals surface area (Å²) in [6.45, 7) is 0.422. The molecule has 1 aliphatic rings. The van der Waals surface area contributed by atoms with E-state index in [-0.39, 0.29) is 0 Å². The minimum absolute atomic E-state index is 0.416. The van der Waals surface area contributed by atoms with Crippen LogP contribution in [0.15, 0.2) is 35.5 Å². The summed E-state index contributed by atoms with van der Waals surface area (Å²) in [5, 5.41) is 10.4. The van der Waals surface area contributed by atoms with Crippen LogP contribution in [0.4, 0.5) is 5.69 Å². The molecule has 1 N–H and O–H groups in total. The number of pyridine rings is 1. The Hall–Kier alpha value is -1.49. The van der Waals surface area contributed by atoms with Crippen molar-refractivity contribution < 1.29 is 9.90 Å². The van der Waals surface area contributed by atoms with Gasteiger partial charge >= 0.3 is 5.97 Å². The van der Waals surface area contributed by atoms with Crippen LogP contribution >= 0.6 is 11.9 Å². The molecule has 1 aromatic heterocycles. The summed E-state index contributed by atoms with van der Waals surface area (Å²) >= 11 is 1.38. The smallest absolute Gasteiger partial charge is 0.334 e. The van der Waals surface area contributed by atoms with Crippen LogP contribution in [0, 0.1) is 0 Å². The molecule has 5 heteroatoms. The van der Waals surface area contributed by atoms with Crippen LogP contribution in [0.2, 0.25) is 0 Å². The first-order valence-corrected chi connectivity index (χ1v) is 4.88. The van der Waals surface area contributed by atoms with E-state index >= 15 is 0 Å². The molecule has 0 amide bonds. The Labute approximate surface area is 85.4 Å². The Morgan fingerprint density at radius 3 is 3.07 bits per heavy atom. The normalized spacial score (nSPS) is 15.4. The van der Waals surface area contributed by atoms with E-state index in [0.29, 0.717) is 12.1 Å². The third-order valence-electron chi connectivity index (χ3n) is 1.84. The largest absolute Gasteiger partial charge is 0.478 e. The SMILES string of the molecule is O=C(O)C1=CSN(c2cccnc2)C1. The van der Waals surface area contributed by atoms with Gasteiger partial charge < -0.3 is 9.41 Å². The zero-order valence-corrected chi connectivity index (χ0v) is 8.07. The number of hydrogen-bond acceptors (Lipinski definition) is 4. The standard InChI is InChI=1S/C9H8N2O2S/c12-9(13)7-5-11(14-6-7)8-2-1-3-10-4-8/h1-4,6H,5H2,(H,12,13). The van der Waals surface area contributed by atoms with E-state index in [2.05, 4.69) is 4.98 Å². The zero-order valence-electron chi connectivity index (χ0n) is 7.25. The highest BCUT2D eigenvalue weighted by Crippen LogP contribution is 2.29. The van der Waals surface area contributed by atoms with Crippen molar-refractivity contribution in [2.45, 2.75) is 0 Å². The summed E-state index contributed by atoms with van der Waals surface area (Å²) in [7, 11) is 0. The molecule has 0 unspecified atom stereocenters. The van der Waals surface area contributed by atoms with Crippen LogP contribution in [0.3, 0.4) is 0 Å². The molecule has 2 heterocycles. The molecule has 14 heavy (non-hydrogen) atoms. The number of hydrogen-bond donors (Lipinski definition) is 1. The van der Waals surface area contributed by atoms with Crippen molar-refractivity contribution in [1.29, 1.82) is 0 Å². The van der Waals surface area contributed by atoms with E-state index in [1.807, 2.05) is 16.4 Å². The highest BCUT2D eigenvalue weighted by Gasteiger charge is 2.20. The van der Waals surface area contributed by atoms with E-state index < -0.39 is 5.97 Å². The van der Waals surface area contributed by atoms with Crippen molar-refractivity contribution in [3.63, 3.8) is 0 Å². The Bertz CT molecular complexity index is 378. The summed E-state index contributed by atoms with van der Waals surface area (Å²) in [5.74, 6) is -0.858. The lowest BCUT2D eigenvalue weighted by molar-refractivity contribution is -0.132.